The molecule has 2 aliphatic heterocycles. The number of carbonyl (C=O) groups excluding carboxylic acids is 3. The predicted molar refractivity (Wildman–Crippen MR) is 143 cm³/mol. The number of rotatable bonds is 8. The molecule has 37 heavy (non-hydrogen) atoms. The molecular formula is C24H27N5O6S2. The van der Waals surface area contributed by atoms with Crippen LogP contribution in [0.4, 0.5) is 5.82 Å². The fraction of sp³-hybridized carbons (Fsp3) is 0.417. The molecule has 196 valence electrons. The van der Waals surface area contributed by atoms with Crippen molar-refractivity contribution in [3.05, 3.63) is 44.7 Å². The first-order chi connectivity index (χ1) is 17.8. The summed E-state index contributed by atoms with van der Waals surface area (Å²) >= 11 is 6.46. The summed E-state index contributed by atoms with van der Waals surface area (Å²) < 4.78 is 11.9. The number of piperazine rings is 1. The number of thiocarbonyl (C=S) groups is 1. The molecule has 0 bridgehead atoms. The summed E-state index contributed by atoms with van der Waals surface area (Å²) in [6.07, 6.45) is 2.86. The van der Waals surface area contributed by atoms with Crippen LogP contribution in [0.5, 0.6) is 0 Å². The lowest BCUT2D eigenvalue weighted by Crippen LogP contribution is -2.57. The van der Waals surface area contributed by atoms with Crippen molar-refractivity contribution in [2.45, 2.75) is 26.3 Å². The van der Waals surface area contributed by atoms with E-state index in [1.54, 1.807) is 24.1 Å². The van der Waals surface area contributed by atoms with Crippen molar-refractivity contribution >= 4 is 63.6 Å². The van der Waals surface area contributed by atoms with Crippen LogP contribution in [0.2, 0.25) is 0 Å². The van der Waals surface area contributed by atoms with Gasteiger partial charge in [0.15, 0.2) is 0 Å². The highest BCUT2D eigenvalue weighted by atomic mass is 32.2. The molecule has 1 atom stereocenters. The summed E-state index contributed by atoms with van der Waals surface area (Å²) in [5.74, 6) is -1.04. The quantitative estimate of drug-likeness (QED) is 0.293. The number of aryl methyl sites for hydroxylation is 1. The topological polar surface area (TPSA) is 123 Å². The molecule has 0 aliphatic carbocycles. The van der Waals surface area contributed by atoms with Gasteiger partial charge in [0.25, 0.3) is 11.5 Å². The molecule has 2 aromatic heterocycles. The molecule has 13 heteroatoms. The Kier molecular flexibility index (Phi) is 8.25. The molecule has 11 nitrogen and oxygen atoms in total. The Labute approximate surface area is 222 Å². The van der Waals surface area contributed by atoms with Crippen LogP contribution in [-0.4, -0.2) is 82.4 Å². The molecule has 0 saturated carbocycles. The van der Waals surface area contributed by atoms with Gasteiger partial charge in [0.05, 0.1) is 36.6 Å². The molecule has 4 heterocycles. The lowest BCUT2D eigenvalue weighted by atomic mass is 10.1. The average Bonchev–Trinajstić information content (AvgIpc) is 3.13. The molecule has 2 amide bonds. The van der Waals surface area contributed by atoms with Crippen LogP contribution in [-0.2, 0) is 23.9 Å². The van der Waals surface area contributed by atoms with Crippen molar-refractivity contribution in [1.82, 2.24) is 19.6 Å². The number of aromatic nitrogens is 2. The van der Waals surface area contributed by atoms with Crippen molar-refractivity contribution < 1.29 is 23.9 Å². The standard InChI is InChI=1S/C24H27N5O6S2/c1-4-35-18(30)13-16-21(31)25-7-9-27(16)20-15(22(32)28-8-5-6-14(2)19(28)26-20)12-17-23(33)29(10-11-34-3)24(36)37-17/h5-6,8,12,16H,4,7,9-11,13H2,1-3H3,(H,25,31)/b17-12-. The maximum atomic E-state index is 13.8. The first kappa shape index (κ1) is 26.8. The van der Waals surface area contributed by atoms with E-state index in [1.807, 2.05) is 13.0 Å². The van der Waals surface area contributed by atoms with E-state index in [-0.39, 0.29) is 47.7 Å². The Morgan fingerprint density at radius 3 is 2.86 bits per heavy atom. The number of carbonyl (C=O) groups is 3. The molecule has 2 saturated heterocycles. The van der Waals surface area contributed by atoms with E-state index in [0.29, 0.717) is 29.7 Å². The van der Waals surface area contributed by atoms with Crippen molar-refractivity contribution in [2.24, 2.45) is 0 Å². The number of hydrogen-bond acceptors (Lipinski definition) is 10. The second kappa shape index (κ2) is 11.4. The summed E-state index contributed by atoms with van der Waals surface area (Å²) in [6, 6.07) is 2.62. The Morgan fingerprint density at radius 2 is 2.14 bits per heavy atom. The number of esters is 1. The lowest BCUT2D eigenvalue weighted by molar-refractivity contribution is -0.145. The number of thioether (sulfide) groups is 1. The van der Waals surface area contributed by atoms with Gasteiger partial charge in [0.2, 0.25) is 5.91 Å². The second-order valence-corrected chi connectivity index (χ2v) is 10.1. The number of ether oxygens (including phenoxy) is 2. The van der Waals surface area contributed by atoms with E-state index in [9.17, 15) is 19.2 Å². The fourth-order valence-electron chi connectivity index (χ4n) is 4.20. The van der Waals surface area contributed by atoms with E-state index in [1.165, 1.54) is 22.5 Å². The molecule has 0 spiro atoms. The van der Waals surface area contributed by atoms with Crippen LogP contribution in [0.3, 0.4) is 0 Å². The molecule has 2 fully saturated rings. The third-order valence-electron chi connectivity index (χ3n) is 6.00. The van der Waals surface area contributed by atoms with Gasteiger partial charge in [-0.1, -0.05) is 30.0 Å². The highest BCUT2D eigenvalue weighted by Gasteiger charge is 2.36. The molecule has 1 N–H and O–H groups in total. The first-order valence-corrected chi connectivity index (χ1v) is 13.0. The van der Waals surface area contributed by atoms with Gasteiger partial charge < -0.3 is 19.7 Å². The van der Waals surface area contributed by atoms with E-state index in [2.05, 4.69) is 5.32 Å². The number of nitrogens with one attached hydrogen (secondary N) is 1. The van der Waals surface area contributed by atoms with Gasteiger partial charge in [-0.2, -0.15) is 0 Å². The fourth-order valence-corrected chi connectivity index (χ4v) is 5.49. The Hall–Kier alpha value is -3.29. The number of amides is 2. The highest BCUT2D eigenvalue weighted by Crippen LogP contribution is 2.34. The minimum atomic E-state index is -0.936. The Balaban J connectivity index is 1.87. The van der Waals surface area contributed by atoms with Crippen molar-refractivity contribution in [3.63, 3.8) is 0 Å². The Bertz CT molecular complexity index is 1360. The summed E-state index contributed by atoms with van der Waals surface area (Å²) in [5.41, 5.74) is 0.875. The van der Waals surface area contributed by atoms with Gasteiger partial charge in [-0.05, 0) is 31.6 Å². The third kappa shape index (κ3) is 5.38. The van der Waals surface area contributed by atoms with E-state index < -0.39 is 17.6 Å². The van der Waals surface area contributed by atoms with Crippen molar-refractivity contribution in [3.8, 4) is 0 Å². The summed E-state index contributed by atoms with van der Waals surface area (Å²) in [7, 11) is 1.53. The van der Waals surface area contributed by atoms with Gasteiger partial charge >= 0.3 is 5.97 Å². The van der Waals surface area contributed by atoms with Crippen molar-refractivity contribution in [2.75, 3.05) is 44.9 Å². The van der Waals surface area contributed by atoms with E-state index in [4.69, 9.17) is 26.7 Å². The molecule has 0 aromatic carbocycles. The highest BCUT2D eigenvalue weighted by molar-refractivity contribution is 8.26. The summed E-state index contributed by atoms with van der Waals surface area (Å²) in [6.45, 7) is 4.89. The molecule has 1 unspecified atom stereocenters. The maximum Gasteiger partial charge on any atom is 0.308 e. The van der Waals surface area contributed by atoms with Gasteiger partial charge in [-0.3, -0.25) is 28.5 Å². The molecular weight excluding hydrogens is 518 g/mol. The van der Waals surface area contributed by atoms with Gasteiger partial charge in [0.1, 0.15) is 21.8 Å². The number of anilines is 1. The molecule has 2 aliphatic rings. The van der Waals surface area contributed by atoms with Crippen LogP contribution in [0.1, 0.15) is 24.5 Å². The van der Waals surface area contributed by atoms with Gasteiger partial charge in [0, 0.05) is 26.4 Å². The predicted octanol–water partition coefficient (Wildman–Crippen LogP) is 1.11. The zero-order valence-corrected chi connectivity index (χ0v) is 22.3. The zero-order valence-electron chi connectivity index (χ0n) is 20.7. The number of pyridine rings is 1. The second-order valence-electron chi connectivity index (χ2n) is 8.37. The molecule has 0 radical (unpaired) electrons. The van der Waals surface area contributed by atoms with Gasteiger partial charge in [-0.15, -0.1) is 0 Å². The van der Waals surface area contributed by atoms with Gasteiger partial charge in [-0.25, -0.2) is 4.98 Å². The lowest BCUT2D eigenvalue weighted by Gasteiger charge is -2.36. The third-order valence-corrected chi connectivity index (χ3v) is 7.38. The molecule has 4 rings (SSSR count). The number of methoxy groups -OCH3 is 1. The van der Waals surface area contributed by atoms with E-state index in [0.717, 1.165) is 17.3 Å². The van der Waals surface area contributed by atoms with Crippen LogP contribution in [0.15, 0.2) is 28.0 Å². The normalized spacial score (nSPS) is 19.2. The maximum absolute atomic E-state index is 13.8. The smallest absolute Gasteiger partial charge is 0.308 e. The van der Waals surface area contributed by atoms with Crippen LogP contribution >= 0.6 is 24.0 Å². The van der Waals surface area contributed by atoms with Crippen LogP contribution in [0.25, 0.3) is 11.7 Å². The molecule has 2 aromatic rings. The van der Waals surface area contributed by atoms with Crippen LogP contribution in [0, 0.1) is 6.92 Å². The monoisotopic (exact) mass is 545 g/mol. The zero-order chi connectivity index (χ0) is 26.7. The van der Waals surface area contributed by atoms with Crippen LogP contribution < -0.4 is 15.8 Å². The summed E-state index contributed by atoms with van der Waals surface area (Å²) in [5, 5.41) is 2.76. The minimum absolute atomic E-state index is 0.124. The SMILES string of the molecule is CCOC(=O)CC1C(=O)NCCN1c1nc2c(C)cccn2c(=O)c1/C=C1\SC(=S)N(CCOC)C1=O. The Morgan fingerprint density at radius 1 is 1.35 bits per heavy atom. The average molecular weight is 546 g/mol. The number of hydrogen-bond donors (Lipinski definition) is 1. The minimum Gasteiger partial charge on any atom is -0.466 e. The summed E-state index contributed by atoms with van der Waals surface area (Å²) in [4.78, 5) is 60.1. The number of fused-ring (bicyclic) bond motifs is 1. The number of nitrogens with zero attached hydrogens (tertiary/aromatic N) is 4. The largest absolute Gasteiger partial charge is 0.466 e. The first-order valence-electron chi connectivity index (χ1n) is 11.7. The van der Waals surface area contributed by atoms with Crippen molar-refractivity contribution in [1.29, 1.82) is 0 Å². The van der Waals surface area contributed by atoms with E-state index >= 15 is 0 Å².